The van der Waals surface area contributed by atoms with E-state index in [1.54, 1.807) is 30.4 Å². The molecule has 0 unspecified atom stereocenters. The summed E-state index contributed by atoms with van der Waals surface area (Å²) in [6.07, 6.45) is 3.11. The number of hydrogen-bond donors (Lipinski definition) is 0. The topological polar surface area (TPSA) is 55.8 Å². The zero-order valence-corrected chi connectivity index (χ0v) is 11.1. The van der Waals surface area contributed by atoms with Gasteiger partial charge in [-0.1, -0.05) is 0 Å². The van der Waals surface area contributed by atoms with Crippen LogP contribution in [-0.4, -0.2) is 31.1 Å². The van der Waals surface area contributed by atoms with E-state index in [1.807, 2.05) is 13.0 Å². The number of furan rings is 2. The van der Waals surface area contributed by atoms with Crippen LogP contribution in [0.1, 0.15) is 21.9 Å². The largest absolute Gasteiger partial charge is 0.467 e. The summed E-state index contributed by atoms with van der Waals surface area (Å²) >= 11 is 0. The molecule has 0 aliphatic heterocycles. The molecule has 5 nitrogen and oxygen atoms in total. The van der Waals surface area contributed by atoms with E-state index >= 15 is 0 Å². The van der Waals surface area contributed by atoms with Crippen LogP contribution in [0.3, 0.4) is 0 Å². The first-order chi connectivity index (χ1) is 9.22. The van der Waals surface area contributed by atoms with Gasteiger partial charge < -0.3 is 18.5 Å². The van der Waals surface area contributed by atoms with E-state index in [1.165, 1.54) is 6.26 Å². The van der Waals surface area contributed by atoms with Gasteiger partial charge in [-0.3, -0.25) is 4.79 Å². The molecular weight excluding hydrogens is 246 g/mol. The van der Waals surface area contributed by atoms with Gasteiger partial charge >= 0.3 is 0 Å². The van der Waals surface area contributed by atoms with Gasteiger partial charge in [0.1, 0.15) is 5.76 Å². The first-order valence-corrected chi connectivity index (χ1v) is 6.07. The van der Waals surface area contributed by atoms with Crippen molar-refractivity contribution in [2.24, 2.45) is 0 Å². The average Bonchev–Trinajstić information content (AvgIpc) is 3.05. The molecule has 2 aromatic rings. The summed E-state index contributed by atoms with van der Waals surface area (Å²) < 4.78 is 15.6. The van der Waals surface area contributed by atoms with Crippen LogP contribution in [0.2, 0.25) is 0 Å². The Morgan fingerprint density at radius 3 is 2.74 bits per heavy atom. The van der Waals surface area contributed by atoms with Crippen LogP contribution in [0.15, 0.2) is 39.6 Å². The van der Waals surface area contributed by atoms with Gasteiger partial charge in [-0.05, 0) is 25.1 Å². The van der Waals surface area contributed by atoms with Crippen molar-refractivity contribution >= 4 is 5.91 Å². The Labute approximate surface area is 111 Å². The van der Waals surface area contributed by atoms with Crippen LogP contribution < -0.4 is 0 Å². The van der Waals surface area contributed by atoms with Crippen LogP contribution in [0.25, 0.3) is 0 Å². The molecular formula is C14H17NO4. The molecule has 0 aliphatic rings. The van der Waals surface area contributed by atoms with E-state index in [4.69, 9.17) is 13.6 Å². The normalized spacial score (nSPS) is 10.6. The molecule has 0 radical (unpaired) electrons. The number of carbonyl (C=O) groups excluding carboxylic acids is 1. The molecule has 19 heavy (non-hydrogen) atoms. The van der Waals surface area contributed by atoms with Gasteiger partial charge in [-0.15, -0.1) is 0 Å². The molecule has 2 heterocycles. The van der Waals surface area contributed by atoms with Crippen molar-refractivity contribution in [3.05, 3.63) is 47.8 Å². The molecule has 0 N–H and O–H groups in total. The lowest BCUT2D eigenvalue weighted by molar-refractivity contribution is 0.0634. The molecule has 0 atom stereocenters. The van der Waals surface area contributed by atoms with Crippen LogP contribution >= 0.6 is 0 Å². The standard InChI is InChI=1S/C14H17NO4/c1-11-5-8-19-13(11)14(16)15(6-9-17-2)10-12-4-3-7-18-12/h3-5,7-8H,6,9-10H2,1-2H3. The van der Waals surface area contributed by atoms with Crippen molar-refractivity contribution in [2.75, 3.05) is 20.3 Å². The van der Waals surface area contributed by atoms with E-state index in [9.17, 15) is 4.79 Å². The van der Waals surface area contributed by atoms with Gasteiger partial charge in [0.15, 0.2) is 5.76 Å². The molecule has 0 fully saturated rings. The summed E-state index contributed by atoms with van der Waals surface area (Å²) in [6, 6.07) is 5.41. The fourth-order valence-corrected chi connectivity index (χ4v) is 1.78. The summed E-state index contributed by atoms with van der Waals surface area (Å²) in [7, 11) is 1.60. The first-order valence-electron chi connectivity index (χ1n) is 6.07. The van der Waals surface area contributed by atoms with Gasteiger partial charge in [-0.25, -0.2) is 0 Å². The summed E-state index contributed by atoms with van der Waals surface area (Å²) in [5.74, 6) is 0.937. The zero-order valence-electron chi connectivity index (χ0n) is 11.1. The Bertz CT molecular complexity index is 515. The van der Waals surface area contributed by atoms with Crippen molar-refractivity contribution < 1.29 is 18.4 Å². The van der Waals surface area contributed by atoms with E-state index in [2.05, 4.69) is 0 Å². The summed E-state index contributed by atoms with van der Waals surface area (Å²) in [5.41, 5.74) is 0.826. The molecule has 0 saturated heterocycles. The molecule has 0 spiro atoms. The zero-order chi connectivity index (χ0) is 13.7. The number of rotatable bonds is 6. The van der Waals surface area contributed by atoms with E-state index in [0.717, 1.165) is 11.3 Å². The molecule has 0 saturated carbocycles. The maximum atomic E-state index is 12.4. The highest BCUT2D eigenvalue weighted by atomic mass is 16.5. The lowest BCUT2D eigenvalue weighted by Gasteiger charge is -2.20. The second kappa shape index (κ2) is 6.24. The minimum Gasteiger partial charge on any atom is -0.467 e. The third-order valence-electron chi connectivity index (χ3n) is 2.84. The highest BCUT2D eigenvalue weighted by molar-refractivity contribution is 5.92. The maximum absolute atomic E-state index is 12.4. The van der Waals surface area contributed by atoms with E-state index in [-0.39, 0.29) is 5.91 Å². The highest BCUT2D eigenvalue weighted by Crippen LogP contribution is 2.14. The average molecular weight is 263 g/mol. The first kappa shape index (κ1) is 13.4. The lowest BCUT2D eigenvalue weighted by Crippen LogP contribution is -2.33. The fraction of sp³-hybridized carbons (Fsp3) is 0.357. The van der Waals surface area contributed by atoms with Gasteiger partial charge in [-0.2, -0.15) is 0 Å². The number of carbonyl (C=O) groups is 1. The number of hydrogen-bond acceptors (Lipinski definition) is 4. The Morgan fingerprint density at radius 1 is 1.32 bits per heavy atom. The van der Waals surface area contributed by atoms with Crippen LogP contribution in [-0.2, 0) is 11.3 Å². The molecule has 0 aliphatic carbocycles. The molecule has 0 aromatic carbocycles. The molecule has 2 aromatic heterocycles. The smallest absolute Gasteiger partial charge is 0.290 e. The van der Waals surface area contributed by atoms with Crippen molar-refractivity contribution in [3.63, 3.8) is 0 Å². The molecule has 5 heteroatoms. The number of methoxy groups -OCH3 is 1. The third-order valence-corrected chi connectivity index (χ3v) is 2.84. The number of amides is 1. The highest BCUT2D eigenvalue weighted by Gasteiger charge is 2.21. The summed E-state index contributed by atoms with van der Waals surface area (Å²) in [4.78, 5) is 14.0. The lowest BCUT2D eigenvalue weighted by atomic mass is 10.2. The summed E-state index contributed by atoms with van der Waals surface area (Å²) in [5, 5.41) is 0. The van der Waals surface area contributed by atoms with Crippen molar-refractivity contribution in [3.8, 4) is 0 Å². The van der Waals surface area contributed by atoms with Gasteiger partial charge in [0.25, 0.3) is 5.91 Å². The molecule has 2 rings (SSSR count). The van der Waals surface area contributed by atoms with Crippen molar-refractivity contribution in [1.82, 2.24) is 4.90 Å². The Hall–Kier alpha value is -2.01. The predicted octanol–water partition coefficient (Wildman–Crippen LogP) is 2.47. The van der Waals surface area contributed by atoms with Crippen molar-refractivity contribution in [2.45, 2.75) is 13.5 Å². The second-order valence-electron chi connectivity index (χ2n) is 4.23. The number of ether oxygens (including phenoxy) is 1. The molecule has 0 bridgehead atoms. The fourth-order valence-electron chi connectivity index (χ4n) is 1.78. The Kier molecular flexibility index (Phi) is 4.41. The van der Waals surface area contributed by atoms with Gasteiger partial charge in [0.2, 0.25) is 0 Å². The number of aryl methyl sites for hydroxylation is 1. The second-order valence-corrected chi connectivity index (χ2v) is 4.23. The van der Waals surface area contributed by atoms with E-state index < -0.39 is 0 Å². The van der Waals surface area contributed by atoms with E-state index in [0.29, 0.717) is 25.5 Å². The van der Waals surface area contributed by atoms with Gasteiger partial charge in [0.05, 0.1) is 25.7 Å². The van der Waals surface area contributed by atoms with Crippen LogP contribution in [0.5, 0.6) is 0 Å². The Morgan fingerprint density at radius 2 is 2.16 bits per heavy atom. The quantitative estimate of drug-likeness (QED) is 0.803. The third kappa shape index (κ3) is 3.26. The predicted molar refractivity (Wildman–Crippen MR) is 68.8 cm³/mol. The minimum atomic E-state index is -0.157. The maximum Gasteiger partial charge on any atom is 0.290 e. The summed E-state index contributed by atoms with van der Waals surface area (Å²) in [6.45, 7) is 3.19. The van der Waals surface area contributed by atoms with Crippen LogP contribution in [0, 0.1) is 6.92 Å². The molecule has 102 valence electrons. The monoisotopic (exact) mass is 263 g/mol. The molecule has 1 amide bonds. The van der Waals surface area contributed by atoms with Crippen molar-refractivity contribution in [1.29, 1.82) is 0 Å². The SMILES string of the molecule is COCCN(Cc1ccco1)C(=O)c1occc1C. The van der Waals surface area contributed by atoms with Crippen LogP contribution in [0.4, 0.5) is 0 Å². The Balaban J connectivity index is 2.12. The minimum absolute atomic E-state index is 0.157. The number of nitrogens with zero attached hydrogens (tertiary/aromatic N) is 1. The van der Waals surface area contributed by atoms with Gasteiger partial charge in [0, 0.05) is 19.2 Å².